The highest BCUT2D eigenvalue weighted by Gasteiger charge is 2.40. The first-order valence-electron chi connectivity index (χ1n) is 10.7. The van der Waals surface area contributed by atoms with E-state index in [4.69, 9.17) is 4.74 Å². The van der Waals surface area contributed by atoms with Crippen LogP contribution in [0.3, 0.4) is 0 Å². The minimum atomic E-state index is -1.01. The van der Waals surface area contributed by atoms with Crippen molar-refractivity contribution in [3.63, 3.8) is 0 Å². The molecule has 0 saturated carbocycles. The first kappa shape index (κ1) is 21.5. The average molecular weight is 435 g/mol. The van der Waals surface area contributed by atoms with Gasteiger partial charge in [-0.2, -0.15) is 0 Å². The largest absolute Gasteiger partial charge is 0.479 e. The highest BCUT2D eigenvalue weighted by atomic mass is 16.5. The van der Waals surface area contributed by atoms with E-state index < -0.39 is 29.9 Å². The second-order valence-electron chi connectivity index (χ2n) is 7.98. The van der Waals surface area contributed by atoms with Crippen LogP contribution in [0.15, 0.2) is 42.5 Å². The molecule has 2 atom stereocenters. The highest BCUT2D eigenvalue weighted by Crippen LogP contribution is 2.36. The van der Waals surface area contributed by atoms with E-state index in [1.165, 1.54) is 6.92 Å². The lowest BCUT2D eigenvalue weighted by atomic mass is 10.1. The van der Waals surface area contributed by atoms with E-state index in [9.17, 15) is 19.2 Å². The molecule has 4 rings (SSSR count). The standard InChI is InChI=1S/C24H25N3O5/c1-4-5-12-26-19-13-16(10-11-20(19)32-15(3)22(26)29)25-21(28)14(2)27-23(30)17-8-6-7-9-18(17)24(27)31/h6-11,13-15H,4-5,12H2,1-3H3,(H,25,28). The summed E-state index contributed by atoms with van der Waals surface area (Å²) < 4.78 is 5.71. The Bertz CT molecular complexity index is 1080. The minimum Gasteiger partial charge on any atom is -0.479 e. The monoisotopic (exact) mass is 435 g/mol. The maximum absolute atomic E-state index is 12.9. The number of nitrogens with zero attached hydrogens (tertiary/aromatic N) is 2. The van der Waals surface area contributed by atoms with Gasteiger partial charge in [0.1, 0.15) is 11.8 Å². The molecular weight excluding hydrogens is 410 g/mol. The number of hydrogen-bond donors (Lipinski definition) is 1. The molecule has 2 heterocycles. The third kappa shape index (κ3) is 3.62. The number of hydrogen-bond acceptors (Lipinski definition) is 5. The molecule has 0 saturated heterocycles. The Morgan fingerprint density at radius 1 is 1.09 bits per heavy atom. The Labute approximate surface area is 186 Å². The van der Waals surface area contributed by atoms with E-state index in [1.807, 2.05) is 6.92 Å². The van der Waals surface area contributed by atoms with Gasteiger partial charge in [0.25, 0.3) is 17.7 Å². The molecule has 4 amide bonds. The molecule has 0 radical (unpaired) electrons. The lowest BCUT2D eigenvalue weighted by Gasteiger charge is -2.33. The lowest BCUT2D eigenvalue weighted by Crippen LogP contribution is -2.45. The maximum Gasteiger partial charge on any atom is 0.267 e. The van der Waals surface area contributed by atoms with E-state index in [2.05, 4.69) is 5.32 Å². The minimum absolute atomic E-state index is 0.131. The maximum atomic E-state index is 12.9. The van der Waals surface area contributed by atoms with E-state index in [0.29, 0.717) is 34.8 Å². The molecule has 32 heavy (non-hydrogen) atoms. The molecule has 2 aliphatic rings. The Balaban J connectivity index is 1.54. The molecule has 1 N–H and O–H groups in total. The highest BCUT2D eigenvalue weighted by molar-refractivity contribution is 6.23. The molecular formula is C24H25N3O5. The zero-order valence-corrected chi connectivity index (χ0v) is 18.3. The first-order chi connectivity index (χ1) is 15.3. The summed E-state index contributed by atoms with van der Waals surface area (Å²) in [6.45, 7) is 5.83. The summed E-state index contributed by atoms with van der Waals surface area (Å²) in [7, 11) is 0. The summed E-state index contributed by atoms with van der Waals surface area (Å²) in [6.07, 6.45) is 1.20. The van der Waals surface area contributed by atoms with Gasteiger partial charge < -0.3 is 15.0 Å². The first-order valence-corrected chi connectivity index (χ1v) is 10.7. The molecule has 0 spiro atoms. The fourth-order valence-corrected chi connectivity index (χ4v) is 3.96. The summed E-state index contributed by atoms with van der Waals surface area (Å²) in [6, 6.07) is 10.6. The molecule has 0 aliphatic carbocycles. The van der Waals surface area contributed by atoms with E-state index in [1.54, 1.807) is 54.3 Å². The number of carbonyl (C=O) groups excluding carboxylic acids is 4. The van der Waals surface area contributed by atoms with Crippen molar-refractivity contribution in [3.8, 4) is 5.75 Å². The molecule has 0 bridgehead atoms. The van der Waals surface area contributed by atoms with E-state index in [-0.39, 0.29) is 5.91 Å². The number of rotatable bonds is 6. The molecule has 2 aliphatic heterocycles. The number of carbonyl (C=O) groups is 4. The van der Waals surface area contributed by atoms with Crippen LogP contribution in [0.4, 0.5) is 11.4 Å². The number of nitrogens with one attached hydrogen (secondary N) is 1. The summed E-state index contributed by atoms with van der Waals surface area (Å²) in [5.41, 5.74) is 1.63. The third-order valence-corrected chi connectivity index (χ3v) is 5.76. The molecule has 2 aromatic carbocycles. The molecule has 0 aromatic heterocycles. The molecule has 2 unspecified atom stereocenters. The molecule has 8 nitrogen and oxygen atoms in total. The number of anilines is 2. The van der Waals surface area contributed by atoms with Crippen LogP contribution in [0.5, 0.6) is 5.75 Å². The summed E-state index contributed by atoms with van der Waals surface area (Å²) in [5, 5.41) is 2.76. The predicted molar refractivity (Wildman–Crippen MR) is 119 cm³/mol. The number of unbranched alkanes of at least 4 members (excludes halogenated alkanes) is 1. The predicted octanol–water partition coefficient (Wildman–Crippen LogP) is 3.22. The van der Waals surface area contributed by atoms with E-state index >= 15 is 0 Å². The van der Waals surface area contributed by atoms with Crippen molar-refractivity contribution in [2.45, 2.75) is 45.8 Å². The second kappa shape index (κ2) is 8.45. The van der Waals surface area contributed by atoms with Crippen molar-refractivity contribution >= 4 is 35.0 Å². The number of ether oxygens (including phenoxy) is 1. The fraction of sp³-hybridized carbons (Fsp3) is 0.333. The van der Waals surface area contributed by atoms with Crippen LogP contribution < -0.4 is 15.0 Å². The Kier molecular flexibility index (Phi) is 5.69. The number of benzene rings is 2. The van der Waals surface area contributed by atoms with Gasteiger partial charge >= 0.3 is 0 Å². The summed E-state index contributed by atoms with van der Waals surface area (Å²) in [4.78, 5) is 53.5. The molecule has 2 aromatic rings. The summed E-state index contributed by atoms with van der Waals surface area (Å²) >= 11 is 0. The van der Waals surface area contributed by atoms with Crippen molar-refractivity contribution in [1.82, 2.24) is 4.90 Å². The Hall–Kier alpha value is -3.68. The molecule has 8 heteroatoms. The topological polar surface area (TPSA) is 96.0 Å². The van der Waals surface area contributed by atoms with Crippen molar-refractivity contribution in [2.24, 2.45) is 0 Å². The SMILES string of the molecule is CCCCN1C(=O)C(C)Oc2ccc(NC(=O)C(C)N3C(=O)c4ccccc4C3=O)cc21. The smallest absolute Gasteiger partial charge is 0.267 e. The van der Waals surface area contributed by atoms with Crippen molar-refractivity contribution in [3.05, 3.63) is 53.6 Å². The van der Waals surface area contributed by atoms with Gasteiger partial charge in [-0.25, -0.2) is 0 Å². The number of imide groups is 1. The Morgan fingerprint density at radius 2 is 1.75 bits per heavy atom. The van der Waals surface area contributed by atoms with Crippen molar-refractivity contribution < 1.29 is 23.9 Å². The van der Waals surface area contributed by atoms with Crippen LogP contribution in [0.1, 0.15) is 54.3 Å². The van der Waals surface area contributed by atoms with Crippen LogP contribution in [-0.2, 0) is 9.59 Å². The van der Waals surface area contributed by atoms with E-state index in [0.717, 1.165) is 17.7 Å². The second-order valence-corrected chi connectivity index (χ2v) is 7.98. The van der Waals surface area contributed by atoms with Gasteiger partial charge in [0.15, 0.2) is 6.10 Å². The zero-order valence-electron chi connectivity index (χ0n) is 18.3. The van der Waals surface area contributed by atoms with Crippen molar-refractivity contribution in [1.29, 1.82) is 0 Å². The van der Waals surface area contributed by atoms with Gasteiger partial charge in [-0.15, -0.1) is 0 Å². The number of amides is 4. The van der Waals surface area contributed by atoms with Crippen LogP contribution in [-0.4, -0.2) is 47.2 Å². The van der Waals surface area contributed by atoms with Gasteiger partial charge in [-0.05, 0) is 50.6 Å². The lowest BCUT2D eigenvalue weighted by molar-refractivity contribution is -0.125. The van der Waals surface area contributed by atoms with Crippen molar-refractivity contribution in [2.75, 3.05) is 16.8 Å². The molecule has 0 fully saturated rings. The normalized spacial score (nSPS) is 18.2. The zero-order chi connectivity index (χ0) is 23.0. The van der Waals surface area contributed by atoms with Gasteiger partial charge in [-0.3, -0.25) is 24.1 Å². The number of fused-ring (bicyclic) bond motifs is 2. The quantitative estimate of drug-likeness (QED) is 0.703. The van der Waals surface area contributed by atoms with Crippen LogP contribution in [0, 0.1) is 0 Å². The van der Waals surface area contributed by atoms with Gasteiger partial charge in [0, 0.05) is 12.2 Å². The Morgan fingerprint density at radius 3 is 2.38 bits per heavy atom. The van der Waals surface area contributed by atoms with Gasteiger partial charge in [0.05, 0.1) is 16.8 Å². The van der Waals surface area contributed by atoms with Crippen LogP contribution in [0.25, 0.3) is 0 Å². The molecule has 166 valence electrons. The van der Waals surface area contributed by atoms with Gasteiger partial charge in [0.2, 0.25) is 5.91 Å². The van der Waals surface area contributed by atoms with Crippen LogP contribution >= 0.6 is 0 Å². The summed E-state index contributed by atoms with van der Waals surface area (Å²) in [5.74, 6) is -1.04. The average Bonchev–Trinajstić information content (AvgIpc) is 3.04. The van der Waals surface area contributed by atoms with Gasteiger partial charge in [-0.1, -0.05) is 25.5 Å². The third-order valence-electron chi connectivity index (χ3n) is 5.76. The fourth-order valence-electron chi connectivity index (χ4n) is 3.96. The van der Waals surface area contributed by atoms with Crippen LogP contribution in [0.2, 0.25) is 0 Å².